The number of aliphatic carboxylic acids is 2. The minimum Gasteiger partial charge on any atom is -0.486 e. The summed E-state index contributed by atoms with van der Waals surface area (Å²) in [6.45, 7) is 1.42. The number of carbonyl (C=O) groups is 3. The van der Waals surface area contributed by atoms with Crippen molar-refractivity contribution < 1.29 is 51.7 Å². The van der Waals surface area contributed by atoms with E-state index in [4.69, 9.17) is 28.9 Å². The molecule has 0 atom stereocenters. The highest BCUT2D eigenvalue weighted by Crippen LogP contribution is 2.35. The molecule has 34 heavy (non-hydrogen) atoms. The molecule has 15 heteroatoms. The van der Waals surface area contributed by atoms with E-state index >= 15 is 0 Å². The minimum absolute atomic E-state index is 0.127. The number of nitrogens with zero attached hydrogens (tertiary/aromatic N) is 1. The van der Waals surface area contributed by atoms with Gasteiger partial charge >= 0.3 is 18.1 Å². The van der Waals surface area contributed by atoms with Crippen molar-refractivity contribution >= 4 is 39.4 Å². The first-order valence-corrected chi connectivity index (χ1v) is 12.0. The summed E-state index contributed by atoms with van der Waals surface area (Å²) in [4.78, 5) is 35.7. The highest BCUT2D eigenvalue weighted by atomic mass is 33.1. The smallest absolute Gasteiger partial charge is 0.486 e. The molecular formula is C19H19F3N2O8S2. The van der Waals surface area contributed by atoms with E-state index in [0.29, 0.717) is 54.1 Å². The molecule has 0 spiro atoms. The lowest BCUT2D eigenvalue weighted by Crippen LogP contribution is -2.26. The van der Waals surface area contributed by atoms with Crippen LogP contribution in [0.15, 0.2) is 29.0 Å². The van der Waals surface area contributed by atoms with Gasteiger partial charge in [-0.25, -0.2) is 9.78 Å². The van der Waals surface area contributed by atoms with Gasteiger partial charge < -0.3 is 29.4 Å². The number of hydrogen-bond acceptors (Lipinski definition) is 9. The van der Waals surface area contributed by atoms with Crippen molar-refractivity contribution in [1.82, 2.24) is 10.3 Å². The number of rotatable bonds is 9. The van der Waals surface area contributed by atoms with Crippen LogP contribution in [0, 0.1) is 0 Å². The average molecular weight is 524 g/mol. The van der Waals surface area contributed by atoms with Gasteiger partial charge in [0.05, 0.1) is 6.42 Å². The van der Waals surface area contributed by atoms with Crippen molar-refractivity contribution in [1.29, 1.82) is 0 Å². The second kappa shape index (κ2) is 13.0. The van der Waals surface area contributed by atoms with Gasteiger partial charge in [-0.15, -0.1) is 0 Å². The molecule has 1 amide bonds. The molecule has 0 fully saturated rings. The molecule has 2 heterocycles. The van der Waals surface area contributed by atoms with E-state index in [9.17, 15) is 22.8 Å². The molecule has 10 nitrogen and oxygen atoms in total. The maximum absolute atomic E-state index is 12.4. The molecule has 0 saturated heterocycles. The number of carbonyl (C=O) groups excluding carboxylic acids is 1. The molecule has 3 N–H and O–H groups in total. The van der Waals surface area contributed by atoms with Gasteiger partial charge in [0, 0.05) is 23.6 Å². The normalized spacial score (nSPS) is 12.3. The second-order valence-electron chi connectivity index (χ2n) is 6.24. The molecule has 1 aliphatic rings. The number of halogens is 3. The molecule has 186 valence electrons. The van der Waals surface area contributed by atoms with E-state index in [1.807, 2.05) is 0 Å². The van der Waals surface area contributed by atoms with Crippen molar-refractivity contribution in [2.75, 3.05) is 31.3 Å². The van der Waals surface area contributed by atoms with Crippen LogP contribution in [0.1, 0.15) is 16.9 Å². The second-order valence-corrected chi connectivity index (χ2v) is 8.94. The van der Waals surface area contributed by atoms with Crippen molar-refractivity contribution in [3.63, 3.8) is 0 Å². The van der Waals surface area contributed by atoms with Crippen molar-refractivity contribution in [3.8, 4) is 22.8 Å². The number of aromatic nitrogens is 1. The topological polar surface area (TPSA) is 148 Å². The van der Waals surface area contributed by atoms with Gasteiger partial charge in [0.15, 0.2) is 29.3 Å². The predicted octanol–water partition coefficient (Wildman–Crippen LogP) is 3.33. The standard InChI is InChI=1S/C17H18N2O6S2.C2HF3O2/c20-14(21)3-7-26-27-8-4-18-17(22)15-16(25-10-19-15)11-1-2-12-13(9-11)24-6-5-23-12;3-2(4,5)1(6)7/h1-2,9-10H,3-8H2,(H,18,22)(H,20,21);(H,6,7). The summed E-state index contributed by atoms with van der Waals surface area (Å²) in [5.74, 6) is -1.07. The maximum atomic E-state index is 12.4. The van der Waals surface area contributed by atoms with E-state index in [2.05, 4.69) is 10.3 Å². The van der Waals surface area contributed by atoms with Gasteiger partial charge in [0.1, 0.15) is 13.2 Å². The number of alkyl halides is 3. The third kappa shape index (κ3) is 8.70. The number of hydrogen-bond donors (Lipinski definition) is 3. The summed E-state index contributed by atoms with van der Waals surface area (Å²) in [6, 6.07) is 5.33. The van der Waals surface area contributed by atoms with Crippen molar-refractivity contribution in [2.24, 2.45) is 0 Å². The Balaban J connectivity index is 0.000000509. The van der Waals surface area contributed by atoms with Gasteiger partial charge in [-0.2, -0.15) is 13.2 Å². The number of benzene rings is 1. The Morgan fingerprint density at radius 2 is 1.71 bits per heavy atom. The SMILES string of the molecule is O=C(O)C(F)(F)F.O=C(O)CCSSCCNC(=O)c1ncoc1-c1ccc2c(c1)OCCO2. The maximum Gasteiger partial charge on any atom is 0.490 e. The highest BCUT2D eigenvalue weighted by molar-refractivity contribution is 8.76. The molecule has 1 aromatic carbocycles. The zero-order valence-corrected chi connectivity index (χ0v) is 18.9. The molecule has 2 aromatic rings. The molecule has 0 aliphatic carbocycles. The summed E-state index contributed by atoms with van der Waals surface area (Å²) < 4.78 is 48.2. The van der Waals surface area contributed by atoms with E-state index in [1.54, 1.807) is 18.2 Å². The molecule has 1 aliphatic heterocycles. The lowest BCUT2D eigenvalue weighted by Gasteiger charge is -2.18. The van der Waals surface area contributed by atoms with Crippen LogP contribution in [0.25, 0.3) is 11.3 Å². The summed E-state index contributed by atoms with van der Waals surface area (Å²) in [5.41, 5.74) is 0.885. The molecule has 0 saturated carbocycles. The minimum atomic E-state index is -5.08. The Hall–Kier alpha value is -3.07. The van der Waals surface area contributed by atoms with Crippen molar-refractivity contribution in [3.05, 3.63) is 30.3 Å². The Morgan fingerprint density at radius 3 is 2.35 bits per heavy atom. The van der Waals surface area contributed by atoms with Crippen LogP contribution >= 0.6 is 21.6 Å². The summed E-state index contributed by atoms with van der Waals surface area (Å²) in [6.07, 6.45) is -3.72. The fourth-order valence-electron chi connectivity index (χ4n) is 2.33. The average Bonchev–Trinajstić information content (AvgIpc) is 3.27. The monoisotopic (exact) mass is 524 g/mol. The number of oxazole rings is 1. The number of carboxylic acids is 2. The first-order valence-electron chi connectivity index (χ1n) is 9.47. The summed E-state index contributed by atoms with van der Waals surface area (Å²) in [5, 5.41) is 18.5. The lowest BCUT2D eigenvalue weighted by molar-refractivity contribution is -0.192. The van der Waals surface area contributed by atoms with Gasteiger partial charge in [-0.1, -0.05) is 21.6 Å². The van der Waals surface area contributed by atoms with Gasteiger partial charge in [0.2, 0.25) is 0 Å². The molecule has 0 unspecified atom stereocenters. The van der Waals surface area contributed by atoms with Crippen LogP contribution in [0.2, 0.25) is 0 Å². The van der Waals surface area contributed by atoms with E-state index in [-0.39, 0.29) is 18.0 Å². The molecule has 1 aromatic heterocycles. The predicted molar refractivity (Wildman–Crippen MR) is 116 cm³/mol. The van der Waals surface area contributed by atoms with Crippen LogP contribution in [0.5, 0.6) is 11.5 Å². The molecule has 0 radical (unpaired) electrons. The Labute approximate surface area is 198 Å². The number of nitrogens with one attached hydrogen (secondary N) is 1. The third-order valence-electron chi connectivity index (χ3n) is 3.78. The Bertz CT molecular complexity index is 1000. The summed E-state index contributed by atoms with van der Waals surface area (Å²) in [7, 11) is 2.98. The lowest BCUT2D eigenvalue weighted by atomic mass is 10.1. The van der Waals surface area contributed by atoms with E-state index in [1.165, 1.54) is 28.0 Å². The highest BCUT2D eigenvalue weighted by Gasteiger charge is 2.38. The zero-order chi connectivity index (χ0) is 25.1. The van der Waals surface area contributed by atoms with Gasteiger partial charge in [-0.3, -0.25) is 9.59 Å². The summed E-state index contributed by atoms with van der Waals surface area (Å²) >= 11 is 0. The fraction of sp³-hybridized carbons (Fsp3) is 0.368. The van der Waals surface area contributed by atoms with Crippen LogP contribution < -0.4 is 14.8 Å². The van der Waals surface area contributed by atoms with E-state index in [0.717, 1.165) is 0 Å². The molecule has 3 rings (SSSR count). The largest absolute Gasteiger partial charge is 0.490 e. The molecular weight excluding hydrogens is 505 g/mol. The quantitative estimate of drug-likeness (QED) is 0.328. The van der Waals surface area contributed by atoms with Gasteiger partial charge in [-0.05, 0) is 18.2 Å². The van der Waals surface area contributed by atoms with E-state index < -0.39 is 18.1 Å². The Morgan fingerprint density at radius 1 is 1.06 bits per heavy atom. The number of ether oxygens (including phenoxy) is 2. The first-order chi connectivity index (χ1) is 16.1. The van der Waals surface area contributed by atoms with Crippen LogP contribution in [0.4, 0.5) is 13.2 Å². The number of carboxylic acid groups (broad SMARTS) is 2. The van der Waals surface area contributed by atoms with Crippen LogP contribution in [-0.2, 0) is 9.59 Å². The number of amides is 1. The molecule has 0 bridgehead atoms. The van der Waals surface area contributed by atoms with Crippen molar-refractivity contribution in [2.45, 2.75) is 12.6 Å². The first kappa shape index (κ1) is 27.2. The third-order valence-corrected chi connectivity index (χ3v) is 6.19. The Kier molecular flexibility index (Phi) is 10.4. The van der Waals surface area contributed by atoms with Crippen LogP contribution in [-0.4, -0.2) is 70.5 Å². The fourth-order valence-corrected chi connectivity index (χ4v) is 4.22. The zero-order valence-electron chi connectivity index (χ0n) is 17.3. The van der Waals surface area contributed by atoms with Crippen LogP contribution in [0.3, 0.4) is 0 Å². The number of fused-ring (bicyclic) bond motifs is 1. The van der Waals surface area contributed by atoms with Gasteiger partial charge in [0.25, 0.3) is 5.91 Å².